The Morgan fingerprint density at radius 3 is 2.69 bits per heavy atom. The van der Waals surface area contributed by atoms with Crippen molar-refractivity contribution in [1.29, 1.82) is 0 Å². The SMILES string of the molecule is Cn1c(=O)oc2cc(Cl)c(NC(=O)c3ccc(B(O)O)c(C=O)c3)cc21. The van der Waals surface area contributed by atoms with Crippen LogP contribution in [0.1, 0.15) is 20.7 Å². The molecule has 0 fully saturated rings. The lowest BCUT2D eigenvalue weighted by atomic mass is 9.77. The van der Waals surface area contributed by atoms with Gasteiger partial charge in [0.2, 0.25) is 0 Å². The Hall–Kier alpha value is -2.88. The maximum atomic E-state index is 12.4. The zero-order chi connectivity index (χ0) is 19.0. The zero-order valence-electron chi connectivity index (χ0n) is 13.4. The molecule has 10 heteroatoms. The molecule has 0 bridgehead atoms. The molecule has 0 atom stereocenters. The molecule has 0 saturated carbocycles. The summed E-state index contributed by atoms with van der Waals surface area (Å²) in [6.45, 7) is 0. The largest absolute Gasteiger partial charge is 0.489 e. The predicted molar refractivity (Wildman–Crippen MR) is 96.1 cm³/mol. The summed E-state index contributed by atoms with van der Waals surface area (Å²) in [4.78, 5) is 35.1. The highest BCUT2D eigenvalue weighted by Gasteiger charge is 2.19. The number of carbonyl (C=O) groups excluding carboxylic acids is 2. The van der Waals surface area contributed by atoms with Crippen LogP contribution in [-0.4, -0.2) is 33.9 Å². The Morgan fingerprint density at radius 2 is 2.04 bits per heavy atom. The van der Waals surface area contributed by atoms with Crippen LogP contribution in [0.4, 0.5) is 5.69 Å². The van der Waals surface area contributed by atoms with Crippen molar-refractivity contribution < 1.29 is 24.1 Å². The first-order chi connectivity index (χ1) is 12.3. The molecule has 1 amide bonds. The smallest absolute Gasteiger partial charge is 0.423 e. The van der Waals surface area contributed by atoms with Gasteiger partial charge in [-0.05, 0) is 23.7 Å². The minimum absolute atomic E-state index is 0.00982. The number of amides is 1. The number of nitrogens with one attached hydrogen (secondary N) is 1. The highest BCUT2D eigenvalue weighted by Crippen LogP contribution is 2.28. The third-order valence-electron chi connectivity index (χ3n) is 3.88. The highest BCUT2D eigenvalue weighted by molar-refractivity contribution is 6.60. The van der Waals surface area contributed by atoms with Crippen LogP contribution in [0.2, 0.25) is 5.02 Å². The van der Waals surface area contributed by atoms with Crippen molar-refractivity contribution in [2.24, 2.45) is 7.05 Å². The van der Waals surface area contributed by atoms with Crippen molar-refractivity contribution in [3.63, 3.8) is 0 Å². The van der Waals surface area contributed by atoms with E-state index in [0.29, 0.717) is 11.8 Å². The fraction of sp³-hybridized carbons (Fsp3) is 0.0625. The molecule has 3 aromatic rings. The molecule has 0 aliphatic heterocycles. The van der Waals surface area contributed by atoms with Gasteiger partial charge in [-0.25, -0.2) is 4.79 Å². The molecule has 1 aromatic heterocycles. The van der Waals surface area contributed by atoms with E-state index in [0.717, 1.165) is 0 Å². The molecular formula is C16H12BClN2O6. The van der Waals surface area contributed by atoms with Crippen molar-refractivity contribution in [3.8, 4) is 0 Å². The Balaban J connectivity index is 1.96. The monoisotopic (exact) mass is 374 g/mol. The number of halogens is 1. The Morgan fingerprint density at radius 1 is 1.31 bits per heavy atom. The minimum Gasteiger partial charge on any atom is -0.423 e. The zero-order valence-corrected chi connectivity index (χ0v) is 14.1. The van der Waals surface area contributed by atoms with E-state index >= 15 is 0 Å². The molecule has 2 aromatic carbocycles. The van der Waals surface area contributed by atoms with E-state index in [9.17, 15) is 24.4 Å². The van der Waals surface area contributed by atoms with Gasteiger partial charge in [0.25, 0.3) is 5.91 Å². The van der Waals surface area contributed by atoms with Crippen LogP contribution in [-0.2, 0) is 7.05 Å². The summed E-state index contributed by atoms with van der Waals surface area (Å²) in [6, 6.07) is 6.76. The molecule has 0 unspecified atom stereocenters. The molecule has 3 rings (SSSR count). The van der Waals surface area contributed by atoms with Crippen LogP contribution in [0, 0.1) is 0 Å². The summed E-state index contributed by atoms with van der Waals surface area (Å²) in [5.41, 5.74) is 1.07. The lowest BCUT2D eigenvalue weighted by molar-refractivity contribution is 0.102. The molecule has 0 aliphatic rings. The first kappa shape index (κ1) is 17.9. The number of aldehydes is 1. The Kier molecular flexibility index (Phi) is 4.69. The molecule has 0 spiro atoms. The number of aryl methyl sites for hydroxylation is 1. The number of nitrogens with zero attached hydrogens (tertiary/aromatic N) is 1. The van der Waals surface area contributed by atoms with Gasteiger partial charge in [-0.15, -0.1) is 0 Å². The van der Waals surface area contributed by atoms with Crippen molar-refractivity contribution in [1.82, 2.24) is 4.57 Å². The fourth-order valence-corrected chi connectivity index (χ4v) is 2.69. The number of aromatic nitrogens is 1. The molecule has 26 heavy (non-hydrogen) atoms. The lowest BCUT2D eigenvalue weighted by Gasteiger charge is -2.10. The molecular weight excluding hydrogens is 362 g/mol. The van der Waals surface area contributed by atoms with Crippen LogP contribution in [0.3, 0.4) is 0 Å². The van der Waals surface area contributed by atoms with E-state index in [-0.39, 0.29) is 32.9 Å². The molecule has 132 valence electrons. The van der Waals surface area contributed by atoms with E-state index in [4.69, 9.17) is 16.0 Å². The summed E-state index contributed by atoms with van der Waals surface area (Å²) in [7, 11) is -0.310. The number of oxazole rings is 1. The third-order valence-corrected chi connectivity index (χ3v) is 4.20. The maximum absolute atomic E-state index is 12.4. The predicted octanol–water partition coefficient (Wildman–Crippen LogP) is 0.529. The summed E-state index contributed by atoms with van der Waals surface area (Å²) < 4.78 is 6.28. The van der Waals surface area contributed by atoms with Gasteiger partial charge in [-0.1, -0.05) is 17.7 Å². The number of anilines is 1. The van der Waals surface area contributed by atoms with Gasteiger partial charge >= 0.3 is 12.9 Å². The Bertz CT molecular complexity index is 1090. The van der Waals surface area contributed by atoms with Gasteiger partial charge in [0.15, 0.2) is 5.58 Å². The van der Waals surface area contributed by atoms with Gasteiger partial charge in [0, 0.05) is 24.2 Å². The number of hydrogen-bond acceptors (Lipinski definition) is 6. The van der Waals surface area contributed by atoms with Gasteiger partial charge in [0.1, 0.15) is 6.29 Å². The number of benzene rings is 2. The number of hydrogen-bond donors (Lipinski definition) is 3. The number of carbonyl (C=O) groups is 2. The summed E-state index contributed by atoms with van der Waals surface area (Å²) in [5, 5.41) is 21.2. The van der Waals surface area contributed by atoms with Crippen LogP contribution >= 0.6 is 11.6 Å². The second-order valence-electron chi connectivity index (χ2n) is 5.52. The molecule has 0 aliphatic carbocycles. The average Bonchev–Trinajstić information content (AvgIpc) is 2.88. The summed E-state index contributed by atoms with van der Waals surface area (Å²) in [5.74, 6) is -1.13. The van der Waals surface area contributed by atoms with E-state index in [2.05, 4.69) is 5.32 Å². The molecule has 3 N–H and O–H groups in total. The number of fused-ring (bicyclic) bond motifs is 1. The first-order valence-corrected chi connectivity index (χ1v) is 7.75. The van der Waals surface area contributed by atoms with E-state index < -0.39 is 18.8 Å². The quantitative estimate of drug-likeness (QED) is 0.452. The van der Waals surface area contributed by atoms with Crippen LogP contribution in [0.25, 0.3) is 11.1 Å². The van der Waals surface area contributed by atoms with E-state index in [1.54, 1.807) is 0 Å². The van der Waals surface area contributed by atoms with Crippen molar-refractivity contribution >= 4 is 53.2 Å². The van der Waals surface area contributed by atoms with Crippen LogP contribution in [0.5, 0.6) is 0 Å². The van der Waals surface area contributed by atoms with Gasteiger partial charge < -0.3 is 19.8 Å². The second-order valence-corrected chi connectivity index (χ2v) is 5.92. The maximum Gasteiger partial charge on any atom is 0.489 e. The second kappa shape index (κ2) is 6.79. The lowest BCUT2D eigenvalue weighted by Crippen LogP contribution is -2.33. The van der Waals surface area contributed by atoms with Crippen molar-refractivity contribution in [3.05, 3.63) is 57.0 Å². The fourth-order valence-electron chi connectivity index (χ4n) is 2.49. The number of rotatable bonds is 4. The average molecular weight is 375 g/mol. The minimum atomic E-state index is -1.83. The summed E-state index contributed by atoms with van der Waals surface area (Å²) in [6.07, 6.45) is 0.422. The molecule has 8 nitrogen and oxygen atoms in total. The molecule has 0 saturated heterocycles. The third kappa shape index (κ3) is 3.15. The van der Waals surface area contributed by atoms with E-state index in [1.807, 2.05) is 0 Å². The van der Waals surface area contributed by atoms with Crippen molar-refractivity contribution in [2.75, 3.05) is 5.32 Å². The Labute approximate surface area is 151 Å². The molecule has 0 radical (unpaired) electrons. The topological polar surface area (TPSA) is 122 Å². The van der Waals surface area contributed by atoms with Crippen molar-refractivity contribution in [2.45, 2.75) is 0 Å². The first-order valence-electron chi connectivity index (χ1n) is 7.37. The van der Waals surface area contributed by atoms with Gasteiger partial charge in [0.05, 0.1) is 16.2 Å². The summed E-state index contributed by atoms with van der Waals surface area (Å²) >= 11 is 6.11. The van der Waals surface area contributed by atoms with Gasteiger partial charge in [-0.3, -0.25) is 14.2 Å². The van der Waals surface area contributed by atoms with Crippen LogP contribution in [0.15, 0.2) is 39.5 Å². The molecule has 1 heterocycles. The highest BCUT2D eigenvalue weighted by atomic mass is 35.5. The van der Waals surface area contributed by atoms with E-state index in [1.165, 1.54) is 41.9 Å². The normalized spacial score (nSPS) is 10.8. The van der Waals surface area contributed by atoms with Crippen LogP contribution < -0.4 is 16.5 Å². The standard InChI is InChI=1S/C16H12BClN2O6/c1-20-13-6-12(11(18)5-14(13)26-16(20)23)19-15(22)8-2-3-10(17(24)25)9(4-8)7-21/h2-7,24-25H,1H3,(H,19,22). The van der Waals surface area contributed by atoms with Gasteiger partial charge in [-0.2, -0.15) is 0 Å².